The van der Waals surface area contributed by atoms with Gasteiger partial charge in [0.05, 0.1) is 24.7 Å². The molecule has 3 fully saturated rings. The Labute approximate surface area is 181 Å². The minimum atomic E-state index is -0.495. The van der Waals surface area contributed by atoms with E-state index in [1.165, 1.54) is 31.9 Å². The third kappa shape index (κ3) is 3.27. The van der Waals surface area contributed by atoms with Gasteiger partial charge >= 0.3 is 5.97 Å². The van der Waals surface area contributed by atoms with Crippen LogP contribution in [0.1, 0.15) is 80.1 Å². The maximum absolute atomic E-state index is 11.9. The van der Waals surface area contributed by atoms with Crippen molar-refractivity contribution in [3.8, 4) is 0 Å². The second kappa shape index (κ2) is 7.60. The predicted octanol–water partition coefficient (Wildman–Crippen LogP) is 5.23. The number of methoxy groups -OCH3 is 1. The molecule has 2 aliphatic carbocycles. The lowest BCUT2D eigenvalue weighted by atomic mass is 9.50. The first-order valence-electron chi connectivity index (χ1n) is 11.8. The van der Waals surface area contributed by atoms with Gasteiger partial charge in [0.2, 0.25) is 0 Å². The van der Waals surface area contributed by atoms with E-state index in [-0.39, 0.29) is 35.1 Å². The highest BCUT2D eigenvalue weighted by Crippen LogP contribution is 2.65. The molecule has 4 rings (SSSR count). The van der Waals surface area contributed by atoms with Crippen molar-refractivity contribution in [1.82, 2.24) is 0 Å². The molecule has 2 saturated heterocycles. The Morgan fingerprint density at radius 2 is 2.00 bits per heavy atom. The molecule has 0 radical (unpaired) electrons. The summed E-state index contributed by atoms with van der Waals surface area (Å²) in [6.07, 6.45) is 8.47. The normalized spacial score (nSPS) is 49.6. The van der Waals surface area contributed by atoms with Crippen LogP contribution in [-0.2, 0) is 24.0 Å². The number of ether oxygens (including phenoxy) is 2. The first-order valence-corrected chi connectivity index (χ1v) is 11.8. The molecule has 0 aromatic rings. The molecule has 0 bridgehead atoms. The van der Waals surface area contributed by atoms with Crippen molar-refractivity contribution in [1.29, 1.82) is 0 Å². The van der Waals surface area contributed by atoms with Crippen LogP contribution in [0.3, 0.4) is 0 Å². The maximum atomic E-state index is 11.9. The van der Waals surface area contributed by atoms with E-state index in [1.807, 2.05) is 6.92 Å². The first-order chi connectivity index (χ1) is 14.0. The molecule has 30 heavy (non-hydrogen) atoms. The molecule has 0 spiro atoms. The van der Waals surface area contributed by atoms with E-state index in [4.69, 9.17) is 19.2 Å². The number of hydrogen-bond acceptors (Lipinski definition) is 5. The Kier molecular flexibility index (Phi) is 5.64. The molecule has 2 aliphatic heterocycles. The monoisotopic (exact) mass is 420 g/mol. The van der Waals surface area contributed by atoms with Crippen molar-refractivity contribution in [2.24, 2.45) is 29.1 Å². The summed E-state index contributed by atoms with van der Waals surface area (Å²) in [5, 5.41) is 0. The standard InChI is InChI=1S/C25H40O5/c1-15-8-9-19-18(12-15)13-16(2)23(4)14-21(28-25(19,23)6)24(5)11-10-20(29-30-24)17(3)22(26)27-7/h12,16-21H,8-11,13-14H2,1-7H3/t16-,17+,18-,19-,20-,21+,23+,24-,25-/m1/s1. The first kappa shape index (κ1) is 22.3. The summed E-state index contributed by atoms with van der Waals surface area (Å²) in [6, 6.07) is 0. The Balaban J connectivity index is 1.52. The number of allylic oxidation sites excluding steroid dienone is 2. The van der Waals surface area contributed by atoms with E-state index < -0.39 is 5.60 Å². The largest absolute Gasteiger partial charge is 0.469 e. The van der Waals surface area contributed by atoms with Gasteiger partial charge < -0.3 is 9.47 Å². The molecular formula is C25H40O5. The summed E-state index contributed by atoms with van der Waals surface area (Å²) in [6.45, 7) is 13.4. The lowest BCUT2D eigenvalue weighted by molar-refractivity contribution is -0.426. The summed E-state index contributed by atoms with van der Waals surface area (Å²) in [5.74, 6) is 1.19. The van der Waals surface area contributed by atoms with Crippen molar-refractivity contribution in [2.45, 2.75) is 103 Å². The predicted molar refractivity (Wildman–Crippen MR) is 115 cm³/mol. The average molecular weight is 421 g/mol. The molecule has 1 saturated carbocycles. The van der Waals surface area contributed by atoms with Gasteiger partial charge in [-0.1, -0.05) is 25.5 Å². The van der Waals surface area contributed by atoms with Crippen LogP contribution in [0.25, 0.3) is 0 Å². The van der Waals surface area contributed by atoms with Crippen molar-refractivity contribution in [3.05, 3.63) is 11.6 Å². The summed E-state index contributed by atoms with van der Waals surface area (Å²) >= 11 is 0. The number of hydrogen-bond donors (Lipinski definition) is 0. The fourth-order valence-corrected chi connectivity index (χ4v) is 6.92. The van der Waals surface area contributed by atoms with E-state index in [1.54, 1.807) is 0 Å². The summed E-state index contributed by atoms with van der Waals surface area (Å²) in [5.41, 5.74) is 1.01. The fraction of sp³-hybridized carbons (Fsp3) is 0.880. The molecule has 170 valence electrons. The van der Waals surface area contributed by atoms with Gasteiger partial charge in [0, 0.05) is 5.41 Å². The maximum Gasteiger partial charge on any atom is 0.311 e. The van der Waals surface area contributed by atoms with Crippen LogP contribution in [0.2, 0.25) is 0 Å². The van der Waals surface area contributed by atoms with Crippen molar-refractivity contribution < 1.29 is 24.0 Å². The van der Waals surface area contributed by atoms with Crippen LogP contribution in [0.5, 0.6) is 0 Å². The van der Waals surface area contributed by atoms with Crippen molar-refractivity contribution >= 4 is 5.97 Å². The fourth-order valence-electron chi connectivity index (χ4n) is 6.92. The minimum Gasteiger partial charge on any atom is -0.469 e. The van der Waals surface area contributed by atoms with Gasteiger partial charge in [-0.25, -0.2) is 9.78 Å². The number of carbonyl (C=O) groups is 1. The highest BCUT2D eigenvalue weighted by atomic mass is 17.2. The Hall–Kier alpha value is -0.910. The highest BCUT2D eigenvalue weighted by Gasteiger charge is 2.66. The quantitative estimate of drug-likeness (QED) is 0.355. The second-order valence-electron chi connectivity index (χ2n) is 11.2. The van der Waals surface area contributed by atoms with E-state index in [9.17, 15) is 4.79 Å². The zero-order valence-corrected chi connectivity index (χ0v) is 19.8. The van der Waals surface area contributed by atoms with Gasteiger partial charge in [-0.3, -0.25) is 4.79 Å². The van der Waals surface area contributed by atoms with E-state index in [2.05, 4.69) is 40.7 Å². The van der Waals surface area contributed by atoms with E-state index >= 15 is 0 Å². The molecule has 9 atom stereocenters. The lowest BCUT2D eigenvalue weighted by Gasteiger charge is -2.56. The van der Waals surface area contributed by atoms with Gasteiger partial charge in [0.1, 0.15) is 11.7 Å². The molecule has 0 unspecified atom stereocenters. The second-order valence-corrected chi connectivity index (χ2v) is 11.2. The minimum absolute atomic E-state index is 0.00455. The zero-order chi connectivity index (χ0) is 21.9. The topological polar surface area (TPSA) is 54.0 Å². The van der Waals surface area contributed by atoms with E-state index in [0.717, 1.165) is 19.3 Å². The highest BCUT2D eigenvalue weighted by molar-refractivity contribution is 5.72. The van der Waals surface area contributed by atoms with Gasteiger partial charge in [0.25, 0.3) is 0 Å². The molecule has 0 N–H and O–H groups in total. The van der Waals surface area contributed by atoms with Crippen LogP contribution in [0.15, 0.2) is 11.6 Å². The van der Waals surface area contributed by atoms with Crippen LogP contribution >= 0.6 is 0 Å². The number of fused-ring (bicyclic) bond motifs is 3. The van der Waals surface area contributed by atoms with Crippen molar-refractivity contribution in [2.75, 3.05) is 7.11 Å². The zero-order valence-electron chi connectivity index (χ0n) is 19.8. The van der Waals surface area contributed by atoms with Crippen LogP contribution in [0.4, 0.5) is 0 Å². The SMILES string of the molecule is COC(=O)[C@@H](C)[C@H]1CC[C@](C)([C@@H]2C[C@@]3(C)[C@H](C)C[C@H]4C=C(C)CC[C@H]4[C@@]3(C)O2)OO1. The average Bonchev–Trinajstić information content (AvgIpc) is 3.01. The molecule has 0 amide bonds. The molecular weight excluding hydrogens is 380 g/mol. The van der Waals surface area contributed by atoms with Crippen molar-refractivity contribution in [3.63, 3.8) is 0 Å². The number of carbonyl (C=O) groups excluding carboxylic acids is 1. The number of rotatable bonds is 3. The summed E-state index contributed by atoms with van der Waals surface area (Å²) < 4.78 is 11.9. The molecule has 5 nitrogen and oxygen atoms in total. The molecule has 5 heteroatoms. The summed E-state index contributed by atoms with van der Waals surface area (Å²) in [4.78, 5) is 23.7. The molecule has 4 aliphatic rings. The van der Waals surface area contributed by atoms with Gasteiger partial charge in [-0.2, -0.15) is 0 Å². The lowest BCUT2D eigenvalue weighted by Crippen LogP contribution is -2.57. The van der Waals surface area contributed by atoms with E-state index in [0.29, 0.717) is 17.8 Å². The molecule has 0 aromatic carbocycles. The van der Waals surface area contributed by atoms with Crippen LogP contribution < -0.4 is 0 Å². The van der Waals surface area contributed by atoms with Crippen LogP contribution in [0, 0.1) is 29.1 Å². The third-order valence-electron chi connectivity index (χ3n) is 9.52. The van der Waals surface area contributed by atoms with Gasteiger partial charge in [0.15, 0.2) is 0 Å². The van der Waals surface area contributed by atoms with Crippen LogP contribution in [-0.4, -0.2) is 36.5 Å². The Morgan fingerprint density at radius 3 is 2.63 bits per heavy atom. The Morgan fingerprint density at radius 1 is 1.27 bits per heavy atom. The smallest absolute Gasteiger partial charge is 0.311 e. The van der Waals surface area contributed by atoms with Gasteiger partial charge in [-0.15, -0.1) is 0 Å². The molecule has 2 heterocycles. The Bertz CT molecular complexity index is 708. The summed E-state index contributed by atoms with van der Waals surface area (Å²) in [7, 11) is 1.42. The third-order valence-corrected chi connectivity index (χ3v) is 9.52. The van der Waals surface area contributed by atoms with Gasteiger partial charge in [-0.05, 0) is 84.0 Å². The number of esters is 1. The molecule has 0 aromatic heterocycles.